The van der Waals surface area contributed by atoms with Gasteiger partial charge in [-0.2, -0.15) is 0 Å². The van der Waals surface area contributed by atoms with Crippen LogP contribution in [0, 0.1) is 11.8 Å². The first-order valence-electron chi connectivity index (χ1n) is 14.2. The summed E-state index contributed by atoms with van der Waals surface area (Å²) < 4.78 is 10.6. The van der Waals surface area contributed by atoms with Crippen LogP contribution in [0.2, 0.25) is 0 Å². The molecule has 0 aliphatic heterocycles. The predicted molar refractivity (Wildman–Crippen MR) is 139 cm³/mol. The summed E-state index contributed by atoms with van der Waals surface area (Å²) in [6.45, 7) is 10.1. The maximum Gasteiger partial charge on any atom is 0.305 e. The average Bonchev–Trinajstić information content (AvgIpc) is 2.76. The molecule has 0 saturated heterocycles. The van der Waals surface area contributed by atoms with E-state index in [0.29, 0.717) is 26.1 Å². The van der Waals surface area contributed by atoms with E-state index in [2.05, 4.69) is 27.7 Å². The second kappa shape index (κ2) is 24.1. The van der Waals surface area contributed by atoms with Crippen molar-refractivity contribution in [2.24, 2.45) is 11.8 Å². The van der Waals surface area contributed by atoms with E-state index in [4.69, 9.17) is 9.47 Å². The van der Waals surface area contributed by atoms with Gasteiger partial charge in [0, 0.05) is 12.8 Å². The van der Waals surface area contributed by atoms with Crippen molar-refractivity contribution in [3.05, 3.63) is 0 Å². The summed E-state index contributed by atoms with van der Waals surface area (Å²) in [5.74, 6) is 1.43. The zero-order chi connectivity index (χ0) is 24.6. The van der Waals surface area contributed by atoms with Gasteiger partial charge in [-0.05, 0) is 50.4 Å². The molecule has 0 saturated carbocycles. The Labute approximate surface area is 206 Å². The van der Waals surface area contributed by atoms with E-state index < -0.39 is 0 Å². The minimum atomic E-state index is -0.0190. The molecule has 0 aliphatic rings. The van der Waals surface area contributed by atoms with Crippen LogP contribution in [0.15, 0.2) is 0 Å². The summed E-state index contributed by atoms with van der Waals surface area (Å²) in [6, 6.07) is 0. The molecule has 0 radical (unpaired) electrons. The monoisotopic (exact) mass is 468 g/mol. The molecule has 196 valence electrons. The molecule has 4 heteroatoms. The van der Waals surface area contributed by atoms with Crippen LogP contribution >= 0.6 is 0 Å². The van der Waals surface area contributed by atoms with Gasteiger partial charge < -0.3 is 9.47 Å². The minimum Gasteiger partial charge on any atom is -0.466 e. The van der Waals surface area contributed by atoms with Gasteiger partial charge in [-0.3, -0.25) is 9.59 Å². The maximum absolute atomic E-state index is 11.7. The topological polar surface area (TPSA) is 52.6 Å². The van der Waals surface area contributed by atoms with Crippen molar-refractivity contribution < 1.29 is 19.1 Å². The molecule has 0 unspecified atom stereocenters. The molecule has 0 atom stereocenters. The fraction of sp³-hybridized carbons (Fsp3) is 0.931. The van der Waals surface area contributed by atoms with Gasteiger partial charge >= 0.3 is 11.9 Å². The van der Waals surface area contributed by atoms with Gasteiger partial charge in [-0.15, -0.1) is 0 Å². The molecule has 0 spiro atoms. The van der Waals surface area contributed by atoms with Gasteiger partial charge in [0.15, 0.2) is 0 Å². The lowest BCUT2D eigenvalue weighted by Crippen LogP contribution is -2.05. The van der Waals surface area contributed by atoms with E-state index in [-0.39, 0.29) is 11.9 Å². The molecule has 4 nitrogen and oxygen atoms in total. The predicted octanol–water partition coefficient (Wildman–Crippen LogP) is 8.80. The number of rotatable bonds is 24. The lowest BCUT2D eigenvalue weighted by molar-refractivity contribution is -0.144. The van der Waals surface area contributed by atoms with E-state index in [0.717, 1.165) is 63.2 Å². The molecule has 0 N–H and O–H groups in total. The number of carbonyl (C=O) groups is 2. The standard InChI is InChI=1S/C29H56O4/c1-26(2)20-16-18-24-32-28(30)22-14-12-10-8-6-5-7-9-11-13-15-23-29(31)33-25-19-17-21-27(3)4/h26-27H,5-25H2,1-4H3. The zero-order valence-corrected chi connectivity index (χ0v) is 22.6. The third-order valence-electron chi connectivity index (χ3n) is 6.14. The summed E-state index contributed by atoms with van der Waals surface area (Å²) in [6.07, 6.45) is 21.0. The lowest BCUT2D eigenvalue weighted by atomic mass is 10.0. The number of ether oxygens (including phenoxy) is 2. The van der Waals surface area contributed by atoms with Crippen LogP contribution in [0.3, 0.4) is 0 Å². The lowest BCUT2D eigenvalue weighted by Gasteiger charge is -2.07. The highest BCUT2D eigenvalue weighted by Gasteiger charge is 2.04. The van der Waals surface area contributed by atoms with Gasteiger partial charge in [0.1, 0.15) is 0 Å². The summed E-state index contributed by atoms with van der Waals surface area (Å²) in [7, 11) is 0. The average molecular weight is 469 g/mol. The Morgan fingerprint density at radius 3 is 1.06 bits per heavy atom. The molecule has 0 amide bonds. The van der Waals surface area contributed by atoms with Gasteiger partial charge in [-0.25, -0.2) is 0 Å². The Morgan fingerprint density at radius 1 is 0.455 bits per heavy atom. The summed E-state index contributed by atoms with van der Waals surface area (Å²) in [4.78, 5) is 23.4. The van der Waals surface area contributed by atoms with Gasteiger partial charge in [0.25, 0.3) is 0 Å². The molecule has 0 rings (SSSR count). The SMILES string of the molecule is CC(C)CCCCOC(=O)CCCCCCCCCCCCCC(=O)OCCCCC(C)C. The third-order valence-corrected chi connectivity index (χ3v) is 6.14. The molecule has 0 bridgehead atoms. The smallest absolute Gasteiger partial charge is 0.305 e. The van der Waals surface area contributed by atoms with Crippen molar-refractivity contribution >= 4 is 11.9 Å². The molecule has 0 heterocycles. The van der Waals surface area contributed by atoms with Crippen LogP contribution < -0.4 is 0 Å². The number of unbranched alkanes of at least 4 members (excludes halogenated alkanes) is 12. The Hall–Kier alpha value is -1.06. The van der Waals surface area contributed by atoms with Crippen molar-refractivity contribution in [2.75, 3.05) is 13.2 Å². The normalized spacial score (nSPS) is 11.3. The molecule has 0 fully saturated rings. The second-order valence-corrected chi connectivity index (χ2v) is 10.6. The first kappa shape index (κ1) is 31.9. The van der Waals surface area contributed by atoms with Crippen LogP contribution in [-0.2, 0) is 19.1 Å². The van der Waals surface area contributed by atoms with E-state index in [1.165, 1.54) is 57.8 Å². The number of hydrogen-bond acceptors (Lipinski definition) is 4. The van der Waals surface area contributed by atoms with Crippen molar-refractivity contribution in [3.63, 3.8) is 0 Å². The Kier molecular flexibility index (Phi) is 23.3. The first-order chi connectivity index (χ1) is 15.9. The molecule has 33 heavy (non-hydrogen) atoms. The van der Waals surface area contributed by atoms with Crippen molar-refractivity contribution in [3.8, 4) is 0 Å². The highest BCUT2D eigenvalue weighted by atomic mass is 16.5. The van der Waals surface area contributed by atoms with Gasteiger partial charge in [-0.1, -0.05) is 98.3 Å². The number of hydrogen-bond donors (Lipinski definition) is 0. The highest BCUT2D eigenvalue weighted by molar-refractivity contribution is 5.69. The fourth-order valence-corrected chi connectivity index (χ4v) is 3.96. The Balaban J connectivity index is 3.23. The quantitative estimate of drug-likeness (QED) is 0.105. The van der Waals surface area contributed by atoms with Crippen molar-refractivity contribution in [1.82, 2.24) is 0 Å². The summed E-state index contributed by atoms with van der Waals surface area (Å²) in [5.41, 5.74) is 0. The summed E-state index contributed by atoms with van der Waals surface area (Å²) in [5, 5.41) is 0. The van der Waals surface area contributed by atoms with Crippen LogP contribution in [-0.4, -0.2) is 25.2 Å². The molecule has 0 aromatic heterocycles. The zero-order valence-electron chi connectivity index (χ0n) is 22.6. The molecular formula is C29H56O4. The van der Waals surface area contributed by atoms with E-state index in [1.807, 2.05) is 0 Å². The third kappa shape index (κ3) is 27.1. The van der Waals surface area contributed by atoms with Crippen molar-refractivity contribution in [2.45, 2.75) is 150 Å². The van der Waals surface area contributed by atoms with Gasteiger partial charge in [0.2, 0.25) is 0 Å². The largest absolute Gasteiger partial charge is 0.466 e. The van der Waals surface area contributed by atoms with E-state index >= 15 is 0 Å². The van der Waals surface area contributed by atoms with Crippen LogP contribution in [0.5, 0.6) is 0 Å². The highest BCUT2D eigenvalue weighted by Crippen LogP contribution is 2.13. The fourth-order valence-electron chi connectivity index (χ4n) is 3.96. The molecule has 0 aliphatic carbocycles. The second-order valence-electron chi connectivity index (χ2n) is 10.6. The van der Waals surface area contributed by atoms with Crippen molar-refractivity contribution in [1.29, 1.82) is 0 Å². The first-order valence-corrected chi connectivity index (χ1v) is 14.2. The molecule has 0 aromatic rings. The summed E-state index contributed by atoms with van der Waals surface area (Å²) >= 11 is 0. The Morgan fingerprint density at radius 2 is 0.758 bits per heavy atom. The maximum atomic E-state index is 11.7. The number of esters is 2. The van der Waals surface area contributed by atoms with Crippen LogP contribution in [0.4, 0.5) is 0 Å². The van der Waals surface area contributed by atoms with E-state index in [9.17, 15) is 9.59 Å². The van der Waals surface area contributed by atoms with Crippen LogP contribution in [0.1, 0.15) is 150 Å². The minimum absolute atomic E-state index is 0.0190. The number of carbonyl (C=O) groups excluding carboxylic acids is 2. The Bertz CT molecular complexity index is 405. The van der Waals surface area contributed by atoms with Gasteiger partial charge in [0.05, 0.1) is 13.2 Å². The molecular weight excluding hydrogens is 412 g/mol. The van der Waals surface area contributed by atoms with E-state index in [1.54, 1.807) is 0 Å². The molecule has 0 aromatic carbocycles. The van der Waals surface area contributed by atoms with Crippen LogP contribution in [0.25, 0.3) is 0 Å².